The quantitative estimate of drug-likeness (QED) is 0.0966. The van der Waals surface area contributed by atoms with Crippen LogP contribution in [0.4, 0.5) is 0 Å². The number of hydrogen-bond acceptors (Lipinski definition) is 6. The Morgan fingerprint density at radius 2 is 1.47 bits per heavy atom. The van der Waals surface area contributed by atoms with Crippen molar-refractivity contribution in [2.75, 3.05) is 6.73 Å². The number of carbonyl (C=O) groups excluding carboxylic acids is 2. The van der Waals surface area contributed by atoms with E-state index in [9.17, 15) is 9.59 Å². The number of fused-ring (bicyclic) bond motifs is 1. The largest absolute Gasteiger partial charge is 0.487 e. The minimum absolute atomic E-state index is 0.00444. The molecule has 1 heterocycles. The van der Waals surface area contributed by atoms with E-state index in [1.54, 1.807) is 13.8 Å². The zero-order chi connectivity index (χ0) is 32.4. The van der Waals surface area contributed by atoms with Crippen LogP contribution in [0.15, 0.2) is 0 Å². The van der Waals surface area contributed by atoms with Gasteiger partial charge in [-0.05, 0) is 102 Å². The maximum Gasteiger partial charge on any atom is 0.311 e. The zero-order valence-electron chi connectivity index (χ0n) is 29.3. The van der Waals surface area contributed by atoms with Crippen LogP contribution in [0.2, 0.25) is 0 Å². The van der Waals surface area contributed by atoms with Gasteiger partial charge < -0.3 is 19.9 Å². The number of hydrogen-bond donors (Lipinski definition) is 1. The minimum atomic E-state index is -1.02. The zero-order valence-corrected chi connectivity index (χ0v) is 29.3. The summed E-state index contributed by atoms with van der Waals surface area (Å²) >= 11 is 0. The molecule has 0 radical (unpaired) electrons. The van der Waals surface area contributed by atoms with Crippen LogP contribution >= 0.6 is 0 Å². The first-order valence-corrected chi connectivity index (χ1v) is 17.0. The molecule has 1 aromatic rings. The van der Waals surface area contributed by atoms with Crippen molar-refractivity contribution in [3.05, 3.63) is 22.3 Å². The molecule has 3 atom stereocenters. The second kappa shape index (κ2) is 17.0. The normalized spacial score (nSPS) is 18.2. The van der Waals surface area contributed by atoms with Crippen molar-refractivity contribution in [2.24, 2.45) is 23.5 Å². The third kappa shape index (κ3) is 11.5. The number of ketones is 1. The Morgan fingerprint density at radius 3 is 2.05 bits per heavy atom. The van der Waals surface area contributed by atoms with Crippen LogP contribution in [-0.2, 0) is 20.7 Å². The molecule has 0 fully saturated rings. The van der Waals surface area contributed by atoms with E-state index in [2.05, 4.69) is 41.5 Å². The molecule has 246 valence electrons. The second-order valence-corrected chi connectivity index (χ2v) is 14.6. The lowest BCUT2D eigenvalue weighted by Gasteiger charge is -2.38. The average molecular weight is 602 g/mol. The Balaban J connectivity index is 1.90. The molecule has 2 rings (SSSR count). The summed E-state index contributed by atoms with van der Waals surface area (Å²) in [5.41, 5.74) is 8.26. The SMILES string of the molecule is Cc1c(C)c2c(c(C)c1OC(=O)CCC(=O)C(C)(C)OCN)CCC(C)(CCCC(C)CCCC(C)CCCC(C)C)O2. The van der Waals surface area contributed by atoms with E-state index >= 15 is 0 Å². The number of carbonyl (C=O) groups is 2. The lowest BCUT2D eigenvalue weighted by molar-refractivity contribution is -0.143. The molecular formula is C37H63NO5. The fourth-order valence-corrected chi connectivity index (χ4v) is 6.38. The van der Waals surface area contributed by atoms with Crippen molar-refractivity contribution in [3.63, 3.8) is 0 Å². The van der Waals surface area contributed by atoms with Gasteiger partial charge in [-0.15, -0.1) is 0 Å². The molecule has 0 amide bonds. The summed E-state index contributed by atoms with van der Waals surface area (Å²) in [7, 11) is 0. The molecule has 0 saturated heterocycles. The van der Waals surface area contributed by atoms with E-state index in [4.69, 9.17) is 19.9 Å². The number of rotatable bonds is 19. The Morgan fingerprint density at radius 1 is 0.884 bits per heavy atom. The molecule has 2 N–H and O–H groups in total. The number of benzene rings is 1. The summed E-state index contributed by atoms with van der Waals surface area (Å²) in [6.45, 7) is 21.1. The summed E-state index contributed by atoms with van der Waals surface area (Å²) in [6, 6.07) is 0. The molecule has 6 nitrogen and oxygen atoms in total. The van der Waals surface area contributed by atoms with E-state index in [1.807, 2.05) is 13.8 Å². The molecule has 0 spiro atoms. The molecule has 0 saturated carbocycles. The smallest absolute Gasteiger partial charge is 0.311 e. The van der Waals surface area contributed by atoms with Crippen LogP contribution in [0.3, 0.4) is 0 Å². The van der Waals surface area contributed by atoms with E-state index in [0.29, 0.717) is 5.75 Å². The van der Waals surface area contributed by atoms with Crippen LogP contribution in [0.5, 0.6) is 11.5 Å². The first kappa shape index (κ1) is 37.3. The molecule has 6 heteroatoms. The van der Waals surface area contributed by atoms with Crippen molar-refractivity contribution in [2.45, 2.75) is 164 Å². The van der Waals surface area contributed by atoms with Gasteiger partial charge in [-0.3, -0.25) is 9.59 Å². The van der Waals surface area contributed by atoms with Gasteiger partial charge in [0, 0.05) is 12.0 Å². The number of ether oxygens (including phenoxy) is 3. The van der Waals surface area contributed by atoms with E-state index < -0.39 is 11.6 Å². The summed E-state index contributed by atoms with van der Waals surface area (Å²) < 4.78 is 17.9. The maximum atomic E-state index is 12.8. The van der Waals surface area contributed by atoms with Gasteiger partial charge in [-0.25, -0.2) is 0 Å². The third-order valence-corrected chi connectivity index (χ3v) is 9.73. The summed E-state index contributed by atoms with van der Waals surface area (Å²) in [5.74, 6) is 3.38. The standard InChI is InChI=1S/C37H63NO5/c1-25(2)14-11-15-26(3)16-12-17-27(4)18-13-22-37(10)23-21-31-30(7)34(28(5)29(6)35(31)43-37)42-33(40)20-19-32(39)36(8,9)41-24-38/h25-27H,11-24,38H2,1-10H3. The summed E-state index contributed by atoms with van der Waals surface area (Å²) in [5, 5.41) is 0. The van der Waals surface area contributed by atoms with Crippen molar-refractivity contribution in [1.29, 1.82) is 0 Å². The maximum absolute atomic E-state index is 12.8. The van der Waals surface area contributed by atoms with Crippen LogP contribution in [0, 0.1) is 38.5 Å². The fraction of sp³-hybridized carbons (Fsp3) is 0.784. The molecule has 1 aromatic carbocycles. The molecular weight excluding hydrogens is 538 g/mol. The van der Waals surface area contributed by atoms with Gasteiger partial charge in [0.05, 0.1) is 13.2 Å². The van der Waals surface area contributed by atoms with Crippen LogP contribution < -0.4 is 15.2 Å². The van der Waals surface area contributed by atoms with Crippen LogP contribution in [-0.4, -0.2) is 29.7 Å². The van der Waals surface area contributed by atoms with Crippen molar-refractivity contribution < 1.29 is 23.8 Å². The van der Waals surface area contributed by atoms with Gasteiger partial charge in [-0.2, -0.15) is 0 Å². The first-order valence-electron chi connectivity index (χ1n) is 17.0. The molecule has 43 heavy (non-hydrogen) atoms. The summed E-state index contributed by atoms with van der Waals surface area (Å²) in [6.07, 6.45) is 13.5. The highest BCUT2D eigenvalue weighted by atomic mass is 16.5. The first-order chi connectivity index (χ1) is 20.1. The van der Waals surface area contributed by atoms with Gasteiger partial charge in [0.15, 0.2) is 5.78 Å². The topological polar surface area (TPSA) is 87.9 Å². The number of nitrogens with two attached hydrogens (primary N) is 1. The van der Waals surface area contributed by atoms with E-state index in [-0.39, 0.29) is 31.0 Å². The monoisotopic (exact) mass is 601 g/mol. The molecule has 0 bridgehead atoms. The number of Topliss-reactive ketones (excluding diaryl/α,β-unsaturated/α-hetero) is 1. The van der Waals surface area contributed by atoms with Crippen LogP contribution in [0.25, 0.3) is 0 Å². The number of esters is 1. The van der Waals surface area contributed by atoms with Gasteiger partial charge in [0.2, 0.25) is 0 Å². The second-order valence-electron chi connectivity index (χ2n) is 14.6. The average Bonchev–Trinajstić information content (AvgIpc) is 2.92. The Kier molecular flexibility index (Phi) is 14.7. The van der Waals surface area contributed by atoms with Gasteiger partial charge in [-0.1, -0.05) is 72.6 Å². The highest BCUT2D eigenvalue weighted by Gasteiger charge is 2.35. The predicted octanol–water partition coefficient (Wildman–Crippen LogP) is 9.10. The summed E-state index contributed by atoms with van der Waals surface area (Å²) in [4.78, 5) is 25.2. The van der Waals surface area contributed by atoms with Crippen molar-refractivity contribution in [3.8, 4) is 11.5 Å². The third-order valence-electron chi connectivity index (χ3n) is 9.73. The Bertz CT molecular complexity index is 1060. The lowest BCUT2D eigenvalue weighted by Crippen LogP contribution is -2.37. The van der Waals surface area contributed by atoms with E-state index in [0.717, 1.165) is 65.0 Å². The molecule has 3 unspecified atom stereocenters. The molecule has 1 aliphatic heterocycles. The Hall–Kier alpha value is -1.92. The van der Waals surface area contributed by atoms with Gasteiger partial charge in [0.25, 0.3) is 0 Å². The van der Waals surface area contributed by atoms with E-state index in [1.165, 1.54) is 51.4 Å². The van der Waals surface area contributed by atoms with Crippen molar-refractivity contribution in [1.82, 2.24) is 0 Å². The highest BCUT2D eigenvalue weighted by molar-refractivity contribution is 5.89. The molecule has 1 aliphatic rings. The molecule has 0 aliphatic carbocycles. The van der Waals surface area contributed by atoms with Gasteiger partial charge in [0.1, 0.15) is 22.7 Å². The fourth-order valence-electron chi connectivity index (χ4n) is 6.38. The van der Waals surface area contributed by atoms with Crippen LogP contribution in [0.1, 0.15) is 148 Å². The highest BCUT2D eigenvalue weighted by Crippen LogP contribution is 2.45. The van der Waals surface area contributed by atoms with Gasteiger partial charge >= 0.3 is 5.97 Å². The lowest BCUT2D eigenvalue weighted by atomic mass is 9.83. The molecule has 0 aromatic heterocycles. The Labute approximate surface area is 263 Å². The predicted molar refractivity (Wildman–Crippen MR) is 177 cm³/mol. The van der Waals surface area contributed by atoms with Crippen molar-refractivity contribution >= 4 is 11.8 Å². The minimum Gasteiger partial charge on any atom is -0.487 e.